The highest BCUT2D eigenvalue weighted by Gasteiger charge is 2.33. The van der Waals surface area contributed by atoms with E-state index in [0.29, 0.717) is 40.3 Å². The number of fused-ring (bicyclic) bond motifs is 1. The van der Waals surface area contributed by atoms with Crippen molar-refractivity contribution in [2.24, 2.45) is 0 Å². The third-order valence-corrected chi connectivity index (χ3v) is 8.25. The number of halogens is 2. The monoisotopic (exact) mass is 605 g/mol. The van der Waals surface area contributed by atoms with Crippen LogP contribution in [0, 0.1) is 0 Å². The lowest BCUT2D eigenvalue weighted by molar-refractivity contribution is -0.139. The zero-order valence-electron chi connectivity index (χ0n) is 22.0. The summed E-state index contributed by atoms with van der Waals surface area (Å²) >= 11 is 12.9. The number of hydrogen-bond acceptors (Lipinski definition) is 6. The molecule has 3 aromatic carbocycles. The van der Waals surface area contributed by atoms with Gasteiger partial charge in [-0.2, -0.15) is 0 Å². The molecule has 0 aliphatic carbocycles. The van der Waals surface area contributed by atoms with Gasteiger partial charge in [0.05, 0.1) is 11.9 Å². The Morgan fingerprint density at radius 2 is 1.60 bits per heavy atom. The summed E-state index contributed by atoms with van der Waals surface area (Å²) in [5, 5.41) is 3.25. The van der Waals surface area contributed by atoms with Crippen LogP contribution in [0.4, 0.5) is 5.69 Å². The molecule has 0 fully saturated rings. The molecular weight excluding hydrogens is 577 g/mol. The van der Waals surface area contributed by atoms with E-state index in [4.69, 9.17) is 32.7 Å². The largest absolute Gasteiger partial charge is 0.486 e. The molecule has 0 radical (unpaired) electrons. The Bertz CT molecular complexity index is 1470. The summed E-state index contributed by atoms with van der Waals surface area (Å²) in [4.78, 5) is 28.6. The lowest BCUT2D eigenvalue weighted by atomic mass is 10.0. The summed E-state index contributed by atoms with van der Waals surface area (Å²) in [6.45, 7) is -0.0136. The molecule has 0 saturated carbocycles. The maximum Gasteiger partial charge on any atom is 0.244 e. The van der Waals surface area contributed by atoms with Crippen molar-refractivity contribution >= 4 is 50.7 Å². The number of sulfonamides is 1. The molecule has 0 saturated heterocycles. The van der Waals surface area contributed by atoms with Gasteiger partial charge < -0.3 is 19.7 Å². The van der Waals surface area contributed by atoms with Gasteiger partial charge in [0.15, 0.2) is 11.5 Å². The van der Waals surface area contributed by atoms with Crippen molar-refractivity contribution in [3.63, 3.8) is 0 Å². The van der Waals surface area contributed by atoms with Crippen molar-refractivity contribution in [1.82, 2.24) is 10.2 Å². The van der Waals surface area contributed by atoms with Crippen molar-refractivity contribution in [3.8, 4) is 11.5 Å². The minimum Gasteiger partial charge on any atom is -0.486 e. The molecular formula is C28H29Cl2N3O6S. The number of nitrogens with one attached hydrogen (secondary N) is 1. The normalized spacial score (nSPS) is 13.3. The molecule has 0 bridgehead atoms. The SMILES string of the molecule is CNC(=O)[C@@H](Cc1ccccc1)N(Cc1c(Cl)cccc1Cl)C(=O)CN(c1ccc2c(c1)OCCO2)S(C)(=O)=O. The third kappa shape index (κ3) is 6.99. The molecule has 12 heteroatoms. The van der Waals surface area contributed by atoms with Crippen LogP contribution < -0.4 is 19.1 Å². The van der Waals surface area contributed by atoms with Crippen molar-refractivity contribution in [1.29, 1.82) is 0 Å². The Morgan fingerprint density at radius 1 is 0.950 bits per heavy atom. The summed E-state index contributed by atoms with van der Waals surface area (Å²) in [6, 6.07) is 17.8. The summed E-state index contributed by atoms with van der Waals surface area (Å²) in [5.41, 5.74) is 1.47. The Balaban J connectivity index is 1.74. The number of anilines is 1. The number of hydrogen-bond donors (Lipinski definition) is 1. The molecule has 1 aliphatic rings. The van der Waals surface area contributed by atoms with Crippen molar-refractivity contribution in [2.45, 2.75) is 19.0 Å². The van der Waals surface area contributed by atoms with Gasteiger partial charge in [0.1, 0.15) is 25.8 Å². The molecule has 1 heterocycles. The summed E-state index contributed by atoms with van der Waals surface area (Å²) in [5.74, 6) is -0.198. The zero-order chi connectivity index (χ0) is 28.9. The Morgan fingerprint density at radius 3 is 2.23 bits per heavy atom. The van der Waals surface area contributed by atoms with Crippen LogP contribution in [0.15, 0.2) is 66.7 Å². The van der Waals surface area contributed by atoms with E-state index in [1.54, 1.807) is 24.3 Å². The molecule has 2 amide bonds. The first kappa shape index (κ1) is 29.5. The number of nitrogens with zero attached hydrogens (tertiary/aromatic N) is 2. The average molecular weight is 607 g/mol. The average Bonchev–Trinajstić information content (AvgIpc) is 2.94. The van der Waals surface area contributed by atoms with Crippen LogP contribution in [0.25, 0.3) is 0 Å². The lowest BCUT2D eigenvalue weighted by Gasteiger charge is -2.33. The summed E-state index contributed by atoms with van der Waals surface area (Å²) in [7, 11) is -2.46. The fraction of sp³-hybridized carbons (Fsp3) is 0.286. The molecule has 3 aromatic rings. The molecule has 0 unspecified atom stereocenters. The molecule has 212 valence electrons. The van der Waals surface area contributed by atoms with Crippen molar-refractivity contribution in [3.05, 3.63) is 87.9 Å². The number of benzene rings is 3. The number of likely N-dealkylation sites (N-methyl/N-ethyl adjacent to an activating group) is 1. The maximum atomic E-state index is 14.0. The van der Waals surface area contributed by atoms with Crippen LogP contribution in [0.3, 0.4) is 0 Å². The molecule has 0 aromatic heterocycles. The molecule has 4 rings (SSSR count). The van der Waals surface area contributed by atoms with Crippen LogP contribution in [0.2, 0.25) is 10.0 Å². The Kier molecular flexibility index (Phi) is 9.44. The van der Waals surface area contributed by atoms with Crippen LogP contribution in [0.5, 0.6) is 11.5 Å². The number of carbonyl (C=O) groups excluding carboxylic acids is 2. The molecule has 1 atom stereocenters. The highest BCUT2D eigenvalue weighted by molar-refractivity contribution is 7.92. The standard InChI is InChI=1S/C28H29Cl2N3O6S/c1-31-28(35)24(15-19-7-4-3-5-8-19)32(17-21-22(29)9-6-10-23(21)30)27(34)18-33(40(2,36)37)20-11-12-25-26(16-20)39-14-13-38-25/h3-12,16,24H,13-15,17-18H2,1-2H3,(H,31,35)/t24-/m1/s1. The predicted molar refractivity (Wildman–Crippen MR) is 155 cm³/mol. The maximum absolute atomic E-state index is 14.0. The van der Waals surface area contributed by atoms with Gasteiger partial charge in [0, 0.05) is 41.7 Å². The fourth-order valence-electron chi connectivity index (χ4n) is 4.38. The van der Waals surface area contributed by atoms with E-state index in [-0.39, 0.29) is 18.7 Å². The smallest absolute Gasteiger partial charge is 0.244 e. The predicted octanol–water partition coefficient (Wildman–Crippen LogP) is 3.92. The minimum atomic E-state index is -3.94. The zero-order valence-corrected chi connectivity index (χ0v) is 24.3. The van der Waals surface area contributed by atoms with Crippen molar-refractivity contribution in [2.75, 3.05) is 37.4 Å². The van der Waals surface area contributed by atoms with Crippen molar-refractivity contribution < 1.29 is 27.5 Å². The van der Waals surface area contributed by atoms with Crippen LogP contribution in [-0.4, -0.2) is 64.2 Å². The van der Waals surface area contributed by atoms with Gasteiger partial charge in [-0.25, -0.2) is 8.42 Å². The minimum absolute atomic E-state index is 0.124. The molecule has 0 spiro atoms. The van der Waals surface area contributed by atoms with Gasteiger partial charge >= 0.3 is 0 Å². The van der Waals surface area contributed by atoms with Gasteiger partial charge in [-0.05, 0) is 29.8 Å². The second-order valence-corrected chi connectivity index (χ2v) is 11.9. The first-order valence-corrected chi connectivity index (χ1v) is 15.0. The highest BCUT2D eigenvalue weighted by atomic mass is 35.5. The van der Waals surface area contributed by atoms with Gasteiger partial charge in [0.25, 0.3) is 0 Å². The first-order valence-electron chi connectivity index (χ1n) is 12.4. The van der Waals surface area contributed by atoms with E-state index in [0.717, 1.165) is 16.1 Å². The molecule has 9 nitrogen and oxygen atoms in total. The van der Waals surface area contributed by atoms with E-state index >= 15 is 0 Å². The van der Waals surface area contributed by atoms with E-state index < -0.39 is 34.4 Å². The topological polar surface area (TPSA) is 105 Å². The van der Waals surface area contributed by atoms with Crippen LogP contribution in [-0.2, 0) is 32.6 Å². The third-order valence-electron chi connectivity index (χ3n) is 6.40. The Hall–Kier alpha value is -3.47. The molecule has 1 aliphatic heterocycles. The number of amides is 2. The summed E-state index contributed by atoms with van der Waals surface area (Å²) in [6.07, 6.45) is 1.18. The highest BCUT2D eigenvalue weighted by Crippen LogP contribution is 2.35. The van der Waals surface area contributed by atoms with E-state index in [2.05, 4.69) is 5.32 Å². The lowest BCUT2D eigenvalue weighted by Crippen LogP contribution is -2.53. The van der Waals surface area contributed by atoms with Gasteiger partial charge in [0.2, 0.25) is 21.8 Å². The number of ether oxygens (including phenoxy) is 2. The number of carbonyl (C=O) groups is 2. The number of rotatable bonds is 10. The molecule has 1 N–H and O–H groups in total. The van der Waals surface area contributed by atoms with Gasteiger partial charge in [-0.15, -0.1) is 0 Å². The second kappa shape index (κ2) is 12.8. The Labute approximate surface area is 243 Å². The van der Waals surface area contributed by atoms with Crippen LogP contribution >= 0.6 is 23.2 Å². The first-order chi connectivity index (χ1) is 19.1. The van der Waals surface area contributed by atoms with E-state index in [9.17, 15) is 18.0 Å². The summed E-state index contributed by atoms with van der Waals surface area (Å²) < 4.78 is 38.0. The van der Waals surface area contributed by atoms with E-state index in [1.165, 1.54) is 24.1 Å². The van der Waals surface area contributed by atoms with Crippen LogP contribution in [0.1, 0.15) is 11.1 Å². The van der Waals surface area contributed by atoms with Gasteiger partial charge in [-0.1, -0.05) is 59.6 Å². The molecule has 40 heavy (non-hydrogen) atoms. The fourth-order valence-corrected chi connectivity index (χ4v) is 5.73. The second-order valence-electron chi connectivity index (χ2n) is 9.14. The quantitative estimate of drug-likeness (QED) is 0.375. The van der Waals surface area contributed by atoms with Gasteiger partial charge in [-0.3, -0.25) is 13.9 Å². The van der Waals surface area contributed by atoms with E-state index in [1.807, 2.05) is 30.3 Å².